The van der Waals surface area contributed by atoms with Crippen molar-refractivity contribution in [1.82, 2.24) is 10.2 Å². The minimum absolute atomic E-state index is 0.00965. The van der Waals surface area contributed by atoms with Gasteiger partial charge in [-0.1, -0.05) is 18.2 Å². The average molecular weight is 369 g/mol. The molecule has 1 fully saturated rings. The maximum atomic E-state index is 12.4. The molecule has 0 atom stereocenters. The molecule has 1 aliphatic heterocycles. The first-order valence-corrected chi connectivity index (χ1v) is 9.25. The molecule has 3 rings (SSSR count). The van der Waals surface area contributed by atoms with E-state index in [1.807, 2.05) is 41.3 Å². The molecule has 0 aliphatic carbocycles. The molecular weight excluding hydrogens is 342 g/mol. The van der Waals surface area contributed by atoms with Crippen LogP contribution in [-0.4, -0.2) is 57.9 Å². The Labute approximate surface area is 160 Å². The number of carbonyl (C=O) groups excluding carboxylic acids is 1. The number of anilines is 1. The Morgan fingerprint density at radius 1 is 1.00 bits per heavy atom. The van der Waals surface area contributed by atoms with E-state index in [0.29, 0.717) is 13.0 Å². The lowest BCUT2D eigenvalue weighted by atomic mass is 10.1. The summed E-state index contributed by atoms with van der Waals surface area (Å²) in [5.74, 6) is 1.59. The first-order chi connectivity index (χ1) is 13.2. The summed E-state index contributed by atoms with van der Waals surface area (Å²) in [6.45, 7) is 3.70. The summed E-state index contributed by atoms with van der Waals surface area (Å²) in [4.78, 5) is 16.6. The quantitative estimate of drug-likeness (QED) is 0.851. The van der Waals surface area contributed by atoms with Crippen molar-refractivity contribution in [1.29, 1.82) is 0 Å². The van der Waals surface area contributed by atoms with E-state index in [4.69, 9.17) is 9.47 Å². The first kappa shape index (κ1) is 18.9. The van der Waals surface area contributed by atoms with Gasteiger partial charge in [0.25, 0.3) is 0 Å². The molecule has 0 aromatic heterocycles. The lowest BCUT2D eigenvalue weighted by Gasteiger charge is -2.36. The number of hydrogen-bond acceptors (Lipinski definition) is 4. The number of nitrogens with one attached hydrogen (secondary N) is 1. The van der Waals surface area contributed by atoms with Crippen LogP contribution in [0.4, 0.5) is 10.5 Å². The third-order valence-electron chi connectivity index (χ3n) is 4.85. The summed E-state index contributed by atoms with van der Waals surface area (Å²) < 4.78 is 10.7. The highest BCUT2D eigenvalue weighted by molar-refractivity contribution is 5.74. The molecule has 1 saturated heterocycles. The second kappa shape index (κ2) is 9.16. The van der Waals surface area contributed by atoms with Gasteiger partial charge in [0, 0.05) is 38.4 Å². The Balaban J connectivity index is 1.47. The number of hydrogen-bond donors (Lipinski definition) is 1. The standard InChI is InChI=1S/C21H27N3O3/c1-26-19-8-9-20(27-2)17(16-19)10-11-22-21(25)24-14-12-23(13-15-24)18-6-4-3-5-7-18/h3-9,16H,10-15H2,1-2H3,(H,22,25). The maximum Gasteiger partial charge on any atom is 0.317 e. The molecule has 2 aromatic carbocycles. The number of para-hydroxylation sites is 1. The smallest absolute Gasteiger partial charge is 0.317 e. The van der Waals surface area contributed by atoms with Crippen molar-refractivity contribution in [3.8, 4) is 11.5 Å². The molecule has 0 radical (unpaired) electrons. The van der Waals surface area contributed by atoms with E-state index in [1.54, 1.807) is 14.2 Å². The van der Waals surface area contributed by atoms with Gasteiger partial charge in [-0.3, -0.25) is 0 Å². The number of nitrogens with zero attached hydrogens (tertiary/aromatic N) is 2. The SMILES string of the molecule is COc1ccc(OC)c(CCNC(=O)N2CCN(c3ccccc3)CC2)c1. The summed E-state index contributed by atoms with van der Waals surface area (Å²) in [7, 11) is 3.29. The van der Waals surface area contributed by atoms with Crippen molar-refractivity contribution in [2.24, 2.45) is 0 Å². The normalized spacial score (nSPS) is 14.0. The Bertz CT molecular complexity index is 744. The van der Waals surface area contributed by atoms with Gasteiger partial charge in [0.05, 0.1) is 14.2 Å². The number of urea groups is 1. The number of amides is 2. The molecule has 0 unspecified atom stereocenters. The van der Waals surface area contributed by atoms with Crippen LogP contribution >= 0.6 is 0 Å². The largest absolute Gasteiger partial charge is 0.497 e. The van der Waals surface area contributed by atoms with Crippen molar-refractivity contribution in [2.75, 3.05) is 51.8 Å². The summed E-state index contributed by atoms with van der Waals surface area (Å²) in [5.41, 5.74) is 2.23. The van der Waals surface area contributed by atoms with Gasteiger partial charge in [0.2, 0.25) is 0 Å². The third kappa shape index (κ3) is 4.84. The van der Waals surface area contributed by atoms with Gasteiger partial charge in [-0.05, 0) is 42.3 Å². The van der Waals surface area contributed by atoms with E-state index in [1.165, 1.54) is 5.69 Å². The van der Waals surface area contributed by atoms with Crippen LogP contribution in [0, 0.1) is 0 Å². The monoisotopic (exact) mass is 369 g/mol. The fourth-order valence-corrected chi connectivity index (χ4v) is 3.30. The van der Waals surface area contributed by atoms with Crippen LogP contribution in [0.25, 0.3) is 0 Å². The third-order valence-corrected chi connectivity index (χ3v) is 4.85. The Kier molecular flexibility index (Phi) is 6.41. The predicted octanol–water partition coefficient (Wildman–Crippen LogP) is 2.78. The van der Waals surface area contributed by atoms with Crippen molar-refractivity contribution >= 4 is 11.7 Å². The van der Waals surface area contributed by atoms with E-state index >= 15 is 0 Å². The van der Waals surface area contributed by atoms with Gasteiger partial charge in [-0.15, -0.1) is 0 Å². The fraction of sp³-hybridized carbons (Fsp3) is 0.381. The van der Waals surface area contributed by atoms with E-state index in [9.17, 15) is 4.79 Å². The average Bonchev–Trinajstić information content (AvgIpc) is 2.74. The van der Waals surface area contributed by atoms with Crippen molar-refractivity contribution < 1.29 is 14.3 Å². The van der Waals surface area contributed by atoms with E-state index < -0.39 is 0 Å². The lowest BCUT2D eigenvalue weighted by molar-refractivity contribution is 0.194. The zero-order valence-corrected chi connectivity index (χ0v) is 16.0. The van der Waals surface area contributed by atoms with Crippen molar-refractivity contribution in [3.05, 3.63) is 54.1 Å². The molecule has 6 heteroatoms. The Morgan fingerprint density at radius 2 is 1.74 bits per heavy atom. The molecular formula is C21H27N3O3. The number of methoxy groups -OCH3 is 2. The van der Waals surface area contributed by atoms with Gasteiger partial charge in [0.15, 0.2) is 0 Å². The highest BCUT2D eigenvalue weighted by atomic mass is 16.5. The minimum Gasteiger partial charge on any atom is -0.497 e. The van der Waals surface area contributed by atoms with Crippen LogP contribution in [0.1, 0.15) is 5.56 Å². The Hall–Kier alpha value is -2.89. The number of piperazine rings is 1. The van der Waals surface area contributed by atoms with E-state index in [2.05, 4.69) is 22.3 Å². The molecule has 2 amide bonds. The van der Waals surface area contributed by atoms with E-state index in [0.717, 1.165) is 43.2 Å². The van der Waals surface area contributed by atoms with Crippen LogP contribution in [0.3, 0.4) is 0 Å². The molecule has 144 valence electrons. The van der Waals surface area contributed by atoms with Gasteiger partial charge >= 0.3 is 6.03 Å². The second-order valence-corrected chi connectivity index (χ2v) is 6.47. The molecule has 0 saturated carbocycles. The van der Waals surface area contributed by atoms with Crippen molar-refractivity contribution in [3.63, 3.8) is 0 Å². The molecule has 1 aliphatic rings. The zero-order valence-electron chi connectivity index (χ0n) is 16.0. The zero-order chi connectivity index (χ0) is 19.1. The molecule has 1 N–H and O–H groups in total. The molecule has 6 nitrogen and oxygen atoms in total. The number of carbonyl (C=O) groups is 1. The van der Waals surface area contributed by atoms with Crippen LogP contribution in [-0.2, 0) is 6.42 Å². The lowest BCUT2D eigenvalue weighted by Crippen LogP contribution is -2.52. The summed E-state index contributed by atoms with van der Waals surface area (Å²) in [5, 5.41) is 3.02. The van der Waals surface area contributed by atoms with Crippen LogP contribution in [0.15, 0.2) is 48.5 Å². The summed E-state index contributed by atoms with van der Waals surface area (Å²) in [6.07, 6.45) is 0.691. The number of rotatable bonds is 6. The fourth-order valence-electron chi connectivity index (χ4n) is 3.30. The van der Waals surface area contributed by atoms with Crippen LogP contribution in [0.5, 0.6) is 11.5 Å². The molecule has 27 heavy (non-hydrogen) atoms. The highest BCUT2D eigenvalue weighted by Crippen LogP contribution is 2.24. The van der Waals surface area contributed by atoms with Gasteiger partial charge in [0.1, 0.15) is 11.5 Å². The maximum absolute atomic E-state index is 12.4. The first-order valence-electron chi connectivity index (χ1n) is 9.25. The van der Waals surface area contributed by atoms with Crippen molar-refractivity contribution in [2.45, 2.75) is 6.42 Å². The van der Waals surface area contributed by atoms with Gasteiger partial charge in [-0.2, -0.15) is 0 Å². The molecule has 1 heterocycles. The highest BCUT2D eigenvalue weighted by Gasteiger charge is 2.21. The second-order valence-electron chi connectivity index (χ2n) is 6.47. The molecule has 0 bridgehead atoms. The molecule has 0 spiro atoms. The van der Waals surface area contributed by atoms with Crippen LogP contribution < -0.4 is 19.7 Å². The summed E-state index contributed by atoms with van der Waals surface area (Å²) in [6, 6.07) is 16.0. The molecule has 2 aromatic rings. The minimum atomic E-state index is -0.00965. The topological polar surface area (TPSA) is 54.0 Å². The summed E-state index contributed by atoms with van der Waals surface area (Å²) >= 11 is 0. The Morgan fingerprint density at radius 3 is 2.41 bits per heavy atom. The van der Waals surface area contributed by atoms with Gasteiger partial charge < -0.3 is 24.6 Å². The number of benzene rings is 2. The predicted molar refractivity (Wildman–Crippen MR) is 107 cm³/mol. The van der Waals surface area contributed by atoms with E-state index in [-0.39, 0.29) is 6.03 Å². The van der Waals surface area contributed by atoms with Crippen LogP contribution in [0.2, 0.25) is 0 Å². The number of ether oxygens (including phenoxy) is 2. The van der Waals surface area contributed by atoms with Gasteiger partial charge in [-0.25, -0.2) is 4.79 Å².